The Hall–Kier alpha value is -2.15. The number of amidine groups is 1. The number of rotatable bonds is 4. The smallest absolute Gasteiger partial charge is 0.202 e. The molecule has 1 aliphatic heterocycles. The van der Waals surface area contributed by atoms with Gasteiger partial charge in [-0.2, -0.15) is 0 Å². The molecule has 0 unspecified atom stereocenters. The largest absolute Gasteiger partial charge is 0.379 e. The van der Waals surface area contributed by atoms with Crippen molar-refractivity contribution < 1.29 is 9.18 Å². The van der Waals surface area contributed by atoms with E-state index in [0.29, 0.717) is 23.0 Å². The van der Waals surface area contributed by atoms with Crippen LogP contribution >= 0.6 is 11.8 Å². The third-order valence-electron chi connectivity index (χ3n) is 4.24. The van der Waals surface area contributed by atoms with Crippen LogP contribution in [0.15, 0.2) is 35.6 Å². The molecule has 0 aliphatic carbocycles. The molecule has 3 rings (SSSR count). The van der Waals surface area contributed by atoms with Gasteiger partial charge in [0.15, 0.2) is 11.0 Å². The molecule has 2 heterocycles. The number of imidazole rings is 1. The quantitative estimate of drug-likeness (QED) is 0.864. The van der Waals surface area contributed by atoms with Gasteiger partial charge in [0.2, 0.25) is 5.78 Å². The number of carbonyl (C=O) groups excluding carboxylic acids is 1. The van der Waals surface area contributed by atoms with E-state index >= 15 is 0 Å². The molecular weight excluding hydrogens is 327 g/mol. The Balaban J connectivity index is 1.91. The van der Waals surface area contributed by atoms with E-state index in [1.807, 2.05) is 6.92 Å². The summed E-state index contributed by atoms with van der Waals surface area (Å²) in [6.45, 7) is 1.88. The van der Waals surface area contributed by atoms with E-state index in [0.717, 1.165) is 11.3 Å². The Morgan fingerprint density at radius 3 is 2.96 bits per heavy atom. The summed E-state index contributed by atoms with van der Waals surface area (Å²) in [5.41, 5.74) is 6.36. The zero-order valence-electron chi connectivity index (χ0n) is 13.6. The number of Topliss-reactive ketones (excluding diaryl/α,β-unsaturated/α-hetero) is 1. The summed E-state index contributed by atoms with van der Waals surface area (Å²) in [5, 5.41) is 0.470. The van der Waals surface area contributed by atoms with E-state index in [1.165, 1.54) is 17.8 Å². The number of carbonyl (C=O) groups is 1. The van der Waals surface area contributed by atoms with Crippen molar-refractivity contribution in [3.8, 4) is 0 Å². The van der Waals surface area contributed by atoms with Crippen LogP contribution in [-0.2, 0) is 19.0 Å². The number of aliphatic imine (C=N–C) groups is 1. The second-order valence-electron chi connectivity index (χ2n) is 6.10. The average molecular weight is 346 g/mol. The number of aryl methyl sites for hydroxylation is 1. The number of hydrogen-bond acceptors (Lipinski definition) is 5. The van der Waals surface area contributed by atoms with Crippen molar-refractivity contribution in [3.05, 3.63) is 53.4 Å². The number of nitrogens with two attached hydrogens (primary N) is 1. The van der Waals surface area contributed by atoms with Crippen LogP contribution in [0.25, 0.3) is 0 Å². The number of nitrogens with zero attached hydrogens (tertiary/aromatic N) is 3. The van der Waals surface area contributed by atoms with Gasteiger partial charge in [-0.3, -0.25) is 9.79 Å². The molecule has 2 N–H and O–H groups in total. The van der Waals surface area contributed by atoms with Gasteiger partial charge in [-0.25, -0.2) is 9.37 Å². The lowest BCUT2D eigenvalue weighted by Crippen LogP contribution is -2.29. The fraction of sp³-hybridized carbons (Fsp3) is 0.353. The predicted octanol–water partition coefficient (Wildman–Crippen LogP) is 2.65. The first-order valence-corrected chi connectivity index (χ1v) is 8.65. The first-order chi connectivity index (χ1) is 11.4. The fourth-order valence-corrected chi connectivity index (χ4v) is 3.85. The molecular formula is C17H19FN4OS. The minimum Gasteiger partial charge on any atom is -0.379 e. The summed E-state index contributed by atoms with van der Waals surface area (Å²) >= 11 is 1.48. The van der Waals surface area contributed by atoms with Crippen molar-refractivity contribution in [1.82, 2.24) is 9.55 Å². The Kier molecular flexibility index (Phi) is 4.45. The lowest BCUT2D eigenvalue weighted by atomic mass is 9.87. The molecule has 2 aromatic rings. The highest BCUT2D eigenvalue weighted by Gasteiger charge is 2.32. The molecule has 0 saturated carbocycles. The van der Waals surface area contributed by atoms with Gasteiger partial charge in [-0.1, -0.05) is 17.8 Å². The topological polar surface area (TPSA) is 73.3 Å². The minimum atomic E-state index is -0.693. The molecule has 0 fully saturated rings. The monoisotopic (exact) mass is 346 g/mol. The SMILES string of the molecule is Cn1ccnc1C(=O)Cc1ccc(F)c([C@]2(C)CCSC(N)=N2)c1. The first kappa shape index (κ1) is 16.7. The molecule has 126 valence electrons. The molecule has 0 radical (unpaired) electrons. The van der Waals surface area contributed by atoms with Crippen LogP contribution in [0.4, 0.5) is 4.39 Å². The van der Waals surface area contributed by atoms with Gasteiger partial charge in [-0.05, 0) is 31.0 Å². The van der Waals surface area contributed by atoms with Crippen LogP contribution in [0.1, 0.15) is 35.1 Å². The lowest BCUT2D eigenvalue weighted by molar-refractivity contribution is 0.0980. The molecule has 1 aliphatic rings. The fourth-order valence-electron chi connectivity index (χ4n) is 2.87. The molecule has 7 heteroatoms. The Morgan fingerprint density at radius 2 is 2.29 bits per heavy atom. The Bertz CT molecular complexity index is 817. The first-order valence-electron chi connectivity index (χ1n) is 7.66. The molecule has 5 nitrogen and oxygen atoms in total. The summed E-state index contributed by atoms with van der Waals surface area (Å²) in [5.74, 6) is 0.756. The molecule has 1 atom stereocenters. The van der Waals surface area contributed by atoms with Crippen molar-refractivity contribution in [2.45, 2.75) is 25.3 Å². The Labute approximate surface area is 144 Å². The van der Waals surface area contributed by atoms with E-state index in [-0.39, 0.29) is 18.0 Å². The van der Waals surface area contributed by atoms with Gasteiger partial charge in [-0.15, -0.1) is 0 Å². The van der Waals surface area contributed by atoms with Crippen LogP contribution < -0.4 is 5.73 Å². The number of aromatic nitrogens is 2. The van der Waals surface area contributed by atoms with Crippen LogP contribution in [0.2, 0.25) is 0 Å². The number of halogens is 1. The van der Waals surface area contributed by atoms with Crippen LogP contribution in [-0.4, -0.2) is 26.3 Å². The van der Waals surface area contributed by atoms with Gasteiger partial charge in [0.25, 0.3) is 0 Å². The average Bonchev–Trinajstić information content (AvgIpc) is 2.95. The maximum absolute atomic E-state index is 14.4. The van der Waals surface area contributed by atoms with E-state index < -0.39 is 5.54 Å². The highest BCUT2D eigenvalue weighted by molar-refractivity contribution is 8.13. The number of benzene rings is 1. The standard InChI is InChI=1S/C17H19FN4OS/c1-17(5-8-24-16(19)21-17)12-9-11(3-4-13(12)18)10-14(23)15-20-6-7-22(15)2/h3-4,6-7,9H,5,8,10H2,1-2H3,(H2,19,21)/t17-/m0/s1. The molecule has 1 aromatic carbocycles. The van der Waals surface area contributed by atoms with Gasteiger partial charge in [0.1, 0.15) is 5.82 Å². The normalized spacial score (nSPS) is 20.7. The molecule has 0 saturated heterocycles. The highest BCUT2D eigenvalue weighted by Crippen LogP contribution is 2.36. The minimum absolute atomic E-state index is 0.104. The summed E-state index contributed by atoms with van der Waals surface area (Å²) in [6, 6.07) is 4.76. The van der Waals surface area contributed by atoms with Crippen molar-refractivity contribution in [2.75, 3.05) is 5.75 Å². The number of thioether (sulfide) groups is 1. The maximum atomic E-state index is 14.4. The molecule has 24 heavy (non-hydrogen) atoms. The molecule has 0 spiro atoms. The van der Waals surface area contributed by atoms with E-state index in [2.05, 4.69) is 9.98 Å². The summed E-state index contributed by atoms with van der Waals surface area (Å²) in [4.78, 5) is 20.9. The number of ketones is 1. The number of hydrogen-bond donors (Lipinski definition) is 1. The van der Waals surface area contributed by atoms with Crippen LogP contribution in [0.3, 0.4) is 0 Å². The van der Waals surface area contributed by atoms with E-state index in [9.17, 15) is 9.18 Å². The van der Waals surface area contributed by atoms with Crippen molar-refractivity contribution in [2.24, 2.45) is 17.8 Å². The molecule has 0 bridgehead atoms. The zero-order valence-corrected chi connectivity index (χ0v) is 14.4. The summed E-state index contributed by atoms with van der Waals surface area (Å²) in [7, 11) is 1.77. The summed E-state index contributed by atoms with van der Waals surface area (Å²) in [6.07, 6.45) is 4.18. The third-order valence-corrected chi connectivity index (χ3v) is 5.04. The third kappa shape index (κ3) is 3.21. The second-order valence-corrected chi connectivity index (χ2v) is 7.21. The second kappa shape index (κ2) is 6.39. The van der Waals surface area contributed by atoms with E-state index in [1.54, 1.807) is 36.1 Å². The zero-order chi connectivity index (χ0) is 17.3. The van der Waals surface area contributed by atoms with Gasteiger partial charge >= 0.3 is 0 Å². The lowest BCUT2D eigenvalue weighted by Gasteiger charge is -2.30. The highest BCUT2D eigenvalue weighted by atomic mass is 32.2. The van der Waals surface area contributed by atoms with Gasteiger partial charge in [0.05, 0.1) is 5.54 Å². The van der Waals surface area contributed by atoms with Crippen LogP contribution in [0.5, 0.6) is 0 Å². The van der Waals surface area contributed by atoms with Gasteiger partial charge in [0, 0.05) is 37.2 Å². The van der Waals surface area contributed by atoms with Crippen molar-refractivity contribution >= 4 is 22.7 Å². The van der Waals surface area contributed by atoms with Crippen molar-refractivity contribution in [1.29, 1.82) is 0 Å². The van der Waals surface area contributed by atoms with E-state index in [4.69, 9.17) is 5.73 Å². The maximum Gasteiger partial charge on any atom is 0.202 e. The van der Waals surface area contributed by atoms with Crippen molar-refractivity contribution in [3.63, 3.8) is 0 Å². The summed E-state index contributed by atoms with van der Waals surface area (Å²) < 4.78 is 16.1. The van der Waals surface area contributed by atoms with Gasteiger partial charge < -0.3 is 10.3 Å². The molecule has 1 aromatic heterocycles. The molecule has 0 amide bonds. The Morgan fingerprint density at radius 1 is 1.50 bits per heavy atom. The predicted molar refractivity (Wildman–Crippen MR) is 93.7 cm³/mol. The van der Waals surface area contributed by atoms with Crippen LogP contribution in [0, 0.1) is 5.82 Å².